The molecule has 4 aromatic rings. The Balaban J connectivity index is 1.53. The predicted molar refractivity (Wildman–Crippen MR) is 156 cm³/mol. The van der Waals surface area contributed by atoms with Crippen molar-refractivity contribution in [2.24, 2.45) is 0 Å². The lowest BCUT2D eigenvalue weighted by atomic mass is 10.0. The number of fused-ring (bicyclic) bond motifs is 1. The third kappa shape index (κ3) is 6.18. The van der Waals surface area contributed by atoms with Gasteiger partial charge >= 0.3 is 0 Å². The molecule has 0 spiro atoms. The average molecular weight is 559 g/mol. The van der Waals surface area contributed by atoms with Crippen LogP contribution in [0.4, 0.5) is 0 Å². The first-order valence-electron chi connectivity index (χ1n) is 13.4. The van der Waals surface area contributed by atoms with E-state index in [0.717, 1.165) is 44.0 Å². The summed E-state index contributed by atoms with van der Waals surface area (Å²) >= 11 is 0. The van der Waals surface area contributed by atoms with Gasteiger partial charge in [0.15, 0.2) is 23.0 Å². The van der Waals surface area contributed by atoms with Crippen LogP contribution in [0.3, 0.4) is 0 Å². The smallest absolute Gasteiger partial charge is 0.251 e. The van der Waals surface area contributed by atoms with Gasteiger partial charge in [0.1, 0.15) is 0 Å². The van der Waals surface area contributed by atoms with Crippen molar-refractivity contribution in [3.8, 4) is 45.5 Å². The van der Waals surface area contributed by atoms with Crippen molar-refractivity contribution in [2.75, 3.05) is 67.8 Å². The number of rotatable bonds is 10. The number of carbonyl (C=O) groups excluding carboxylic acids is 1. The standard InChI is InChI=1S/C31H34N4O6/c1-37-25-9-6-20(18-27(25)39-3)29-30(21-7-10-26(38-2)28(19-21)40-4)34-24-17-22(5-8-23(24)33-29)31(36)32-11-12-35-13-15-41-16-14-35/h5-10,17-19H,11-16H2,1-4H3,(H,32,36). The van der Waals surface area contributed by atoms with Gasteiger partial charge in [0.25, 0.3) is 5.91 Å². The number of nitrogens with zero attached hydrogens (tertiary/aromatic N) is 3. The summed E-state index contributed by atoms with van der Waals surface area (Å²) in [5, 5.41) is 3.02. The van der Waals surface area contributed by atoms with Crippen LogP contribution in [0.5, 0.6) is 23.0 Å². The highest BCUT2D eigenvalue weighted by Gasteiger charge is 2.19. The molecule has 1 N–H and O–H groups in total. The van der Waals surface area contributed by atoms with Crippen molar-refractivity contribution in [1.29, 1.82) is 0 Å². The Bertz CT molecular complexity index is 1540. The number of carbonyl (C=O) groups is 1. The summed E-state index contributed by atoms with van der Waals surface area (Å²) in [5.74, 6) is 2.21. The zero-order valence-corrected chi connectivity index (χ0v) is 23.7. The number of methoxy groups -OCH3 is 4. The van der Waals surface area contributed by atoms with E-state index >= 15 is 0 Å². The average Bonchev–Trinajstić information content (AvgIpc) is 3.03. The molecule has 0 radical (unpaired) electrons. The first-order valence-corrected chi connectivity index (χ1v) is 13.4. The lowest BCUT2D eigenvalue weighted by Gasteiger charge is -2.26. The molecule has 1 amide bonds. The molecule has 0 unspecified atom stereocenters. The normalized spacial score (nSPS) is 13.6. The van der Waals surface area contributed by atoms with Crippen LogP contribution in [0.1, 0.15) is 10.4 Å². The number of hydrogen-bond acceptors (Lipinski definition) is 9. The fraction of sp³-hybridized carbons (Fsp3) is 0.323. The molecule has 10 nitrogen and oxygen atoms in total. The summed E-state index contributed by atoms with van der Waals surface area (Å²) in [7, 11) is 6.37. The summed E-state index contributed by atoms with van der Waals surface area (Å²) in [6.07, 6.45) is 0. The summed E-state index contributed by atoms with van der Waals surface area (Å²) in [6.45, 7) is 4.54. The highest BCUT2D eigenvalue weighted by atomic mass is 16.5. The Kier molecular flexibility index (Phi) is 8.81. The molecule has 41 heavy (non-hydrogen) atoms. The molecule has 0 aliphatic carbocycles. The minimum Gasteiger partial charge on any atom is -0.493 e. The summed E-state index contributed by atoms with van der Waals surface area (Å²) in [5.41, 5.74) is 4.62. The van der Waals surface area contributed by atoms with E-state index in [0.29, 0.717) is 57.5 Å². The van der Waals surface area contributed by atoms with Gasteiger partial charge in [-0.05, 0) is 54.6 Å². The lowest BCUT2D eigenvalue weighted by Crippen LogP contribution is -2.41. The first kappa shape index (κ1) is 28.1. The summed E-state index contributed by atoms with van der Waals surface area (Å²) < 4.78 is 27.4. The second kappa shape index (κ2) is 12.8. The number of ether oxygens (including phenoxy) is 5. The molecule has 0 atom stereocenters. The fourth-order valence-electron chi connectivity index (χ4n) is 4.82. The SMILES string of the molecule is COc1ccc(-c2nc3ccc(C(=O)NCCN4CCOCC4)cc3nc2-c2ccc(OC)c(OC)c2)cc1OC. The van der Waals surface area contributed by atoms with E-state index in [9.17, 15) is 4.79 Å². The van der Waals surface area contributed by atoms with Crippen LogP contribution in [-0.4, -0.2) is 88.6 Å². The molecule has 5 rings (SSSR count). The quantitative estimate of drug-likeness (QED) is 0.309. The van der Waals surface area contributed by atoms with E-state index in [2.05, 4.69) is 10.2 Å². The van der Waals surface area contributed by atoms with E-state index in [1.54, 1.807) is 40.6 Å². The van der Waals surface area contributed by atoms with Crippen LogP contribution in [-0.2, 0) is 4.74 Å². The molecule has 1 aliphatic rings. The van der Waals surface area contributed by atoms with Gasteiger partial charge in [-0.3, -0.25) is 9.69 Å². The van der Waals surface area contributed by atoms with E-state index < -0.39 is 0 Å². The van der Waals surface area contributed by atoms with Crippen molar-refractivity contribution in [3.63, 3.8) is 0 Å². The van der Waals surface area contributed by atoms with Gasteiger partial charge in [-0.25, -0.2) is 9.97 Å². The lowest BCUT2D eigenvalue weighted by molar-refractivity contribution is 0.0383. The largest absolute Gasteiger partial charge is 0.493 e. The Morgan fingerprint density at radius 3 is 1.88 bits per heavy atom. The van der Waals surface area contributed by atoms with E-state index in [1.165, 1.54) is 0 Å². The predicted octanol–water partition coefficient (Wildman–Crippen LogP) is 4.06. The number of hydrogen-bond donors (Lipinski definition) is 1. The van der Waals surface area contributed by atoms with Crippen LogP contribution in [0.2, 0.25) is 0 Å². The summed E-state index contributed by atoms with van der Waals surface area (Å²) in [6, 6.07) is 16.6. The Morgan fingerprint density at radius 2 is 1.32 bits per heavy atom. The van der Waals surface area contributed by atoms with Crippen LogP contribution in [0.15, 0.2) is 54.6 Å². The van der Waals surface area contributed by atoms with Crippen LogP contribution in [0.25, 0.3) is 33.5 Å². The number of aromatic nitrogens is 2. The highest BCUT2D eigenvalue weighted by molar-refractivity contribution is 5.98. The first-order chi connectivity index (χ1) is 20.0. The Labute approximate surface area is 239 Å². The minimum atomic E-state index is -0.154. The topological polar surface area (TPSA) is 104 Å². The fourth-order valence-corrected chi connectivity index (χ4v) is 4.82. The van der Waals surface area contributed by atoms with Crippen molar-refractivity contribution in [1.82, 2.24) is 20.2 Å². The van der Waals surface area contributed by atoms with Gasteiger partial charge < -0.3 is 29.0 Å². The molecular formula is C31H34N4O6. The Morgan fingerprint density at radius 1 is 0.756 bits per heavy atom. The number of nitrogens with one attached hydrogen (secondary N) is 1. The molecule has 1 fully saturated rings. The molecule has 0 saturated carbocycles. The third-order valence-electron chi connectivity index (χ3n) is 7.06. The van der Waals surface area contributed by atoms with Crippen LogP contribution < -0.4 is 24.3 Å². The second-order valence-corrected chi connectivity index (χ2v) is 9.47. The number of amides is 1. The third-order valence-corrected chi connectivity index (χ3v) is 7.06. The monoisotopic (exact) mass is 558 g/mol. The minimum absolute atomic E-state index is 0.154. The zero-order chi connectivity index (χ0) is 28.8. The molecule has 1 aliphatic heterocycles. The highest BCUT2D eigenvalue weighted by Crippen LogP contribution is 2.39. The number of morpholine rings is 1. The van der Waals surface area contributed by atoms with Gasteiger partial charge in [0, 0.05) is 42.9 Å². The molecule has 1 saturated heterocycles. The number of benzene rings is 3. The molecule has 10 heteroatoms. The van der Waals surface area contributed by atoms with E-state index in [4.69, 9.17) is 33.7 Å². The zero-order valence-electron chi connectivity index (χ0n) is 23.7. The van der Waals surface area contributed by atoms with Crippen LogP contribution >= 0.6 is 0 Å². The van der Waals surface area contributed by atoms with Gasteiger partial charge in [-0.15, -0.1) is 0 Å². The van der Waals surface area contributed by atoms with Crippen molar-refractivity contribution >= 4 is 16.9 Å². The van der Waals surface area contributed by atoms with Gasteiger partial charge in [0.2, 0.25) is 0 Å². The molecule has 214 valence electrons. The van der Waals surface area contributed by atoms with Gasteiger partial charge in [-0.1, -0.05) is 0 Å². The second-order valence-electron chi connectivity index (χ2n) is 9.47. The molecule has 2 heterocycles. The molecular weight excluding hydrogens is 524 g/mol. The van der Waals surface area contributed by atoms with Gasteiger partial charge in [0.05, 0.1) is 64.1 Å². The van der Waals surface area contributed by atoms with E-state index in [-0.39, 0.29) is 5.91 Å². The van der Waals surface area contributed by atoms with Crippen molar-refractivity contribution < 1.29 is 28.5 Å². The van der Waals surface area contributed by atoms with Gasteiger partial charge in [-0.2, -0.15) is 0 Å². The molecule has 0 bridgehead atoms. The molecule has 1 aromatic heterocycles. The maximum atomic E-state index is 13.0. The molecule has 3 aromatic carbocycles. The van der Waals surface area contributed by atoms with Crippen LogP contribution in [0, 0.1) is 0 Å². The van der Waals surface area contributed by atoms with E-state index in [1.807, 2.05) is 42.5 Å². The van der Waals surface area contributed by atoms with Crippen molar-refractivity contribution in [2.45, 2.75) is 0 Å². The maximum absolute atomic E-state index is 13.0. The summed E-state index contributed by atoms with van der Waals surface area (Å²) in [4.78, 5) is 25.3. The Hall–Kier alpha value is -4.41. The van der Waals surface area contributed by atoms with Crippen molar-refractivity contribution in [3.05, 3.63) is 60.2 Å². The maximum Gasteiger partial charge on any atom is 0.251 e.